The molecule has 4 rings (SSSR count). The molecule has 8 heteroatoms. The number of hydrogen-bond acceptors (Lipinski definition) is 5. The van der Waals surface area contributed by atoms with Crippen LogP contribution in [-0.4, -0.2) is 27.1 Å². The number of aromatic nitrogens is 2. The second-order valence-corrected chi connectivity index (χ2v) is 8.01. The van der Waals surface area contributed by atoms with Gasteiger partial charge >= 0.3 is 6.03 Å². The van der Waals surface area contributed by atoms with Crippen LogP contribution in [0.25, 0.3) is 11.3 Å². The molecule has 0 radical (unpaired) electrons. The number of nitrogens with one attached hydrogen (secondary N) is 3. The summed E-state index contributed by atoms with van der Waals surface area (Å²) in [4.78, 5) is 25.6. The van der Waals surface area contributed by atoms with E-state index in [0.717, 1.165) is 29.7 Å². The lowest BCUT2D eigenvalue weighted by molar-refractivity contribution is -0.121. The summed E-state index contributed by atoms with van der Waals surface area (Å²) < 4.78 is 3.87. The zero-order chi connectivity index (χ0) is 20.8. The number of hydrogen-bond donors (Lipinski definition) is 3. The molecule has 1 aliphatic carbocycles. The zero-order valence-electron chi connectivity index (χ0n) is 16.4. The summed E-state index contributed by atoms with van der Waals surface area (Å²) in [6, 6.07) is 16.8. The van der Waals surface area contributed by atoms with Crippen molar-refractivity contribution in [3.8, 4) is 11.3 Å². The summed E-state index contributed by atoms with van der Waals surface area (Å²) in [7, 11) is 0. The number of urea groups is 1. The molecule has 1 aliphatic rings. The first-order valence-electron chi connectivity index (χ1n) is 9.94. The fraction of sp³-hybridized carbons (Fsp3) is 0.273. The van der Waals surface area contributed by atoms with Crippen molar-refractivity contribution in [3.05, 3.63) is 65.5 Å². The lowest BCUT2D eigenvalue weighted by Crippen LogP contribution is -2.57. The van der Waals surface area contributed by atoms with Gasteiger partial charge in [0.25, 0.3) is 0 Å². The van der Waals surface area contributed by atoms with Crippen molar-refractivity contribution >= 4 is 29.2 Å². The van der Waals surface area contributed by atoms with Crippen molar-refractivity contribution in [3.63, 3.8) is 0 Å². The maximum atomic E-state index is 13.1. The fourth-order valence-corrected chi connectivity index (χ4v) is 4.16. The fourth-order valence-electron chi connectivity index (χ4n) is 3.69. The van der Waals surface area contributed by atoms with Crippen LogP contribution in [0.3, 0.4) is 0 Å². The van der Waals surface area contributed by atoms with Gasteiger partial charge in [0.1, 0.15) is 11.2 Å². The molecule has 7 nitrogen and oxygen atoms in total. The molecule has 0 saturated heterocycles. The van der Waals surface area contributed by atoms with E-state index in [-0.39, 0.29) is 11.9 Å². The number of anilines is 1. The first-order chi connectivity index (χ1) is 14.6. The molecular weight excluding hydrogens is 398 g/mol. The van der Waals surface area contributed by atoms with Gasteiger partial charge in [-0.3, -0.25) is 4.79 Å². The maximum absolute atomic E-state index is 13.1. The molecule has 0 unspecified atom stereocenters. The quantitative estimate of drug-likeness (QED) is 0.561. The Kier molecular flexibility index (Phi) is 6.04. The molecule has 1 aromatic heterocycles. The van der Waals surface area contributed by atoms with Gasteiger partial charge in [-0.05, 0) is 42.1 Å². The van der Waals surface area contributed by atoms with Crippen molar-refractivity contribution in [2.75, 3.05) is 5.32 Å². The summed E-state index contributed by atoms with van der Waals surface area (Å²) in [5, 5.41) is 14.7. The monoisotopic (exact) mass is 421 g/mol. The van der Waals surface area contributed by atoms with Gasteiger partial charge in [-0.2, -0.15) is 0 Å². The Labute approximate surface area is 179 Å². The van der Waals surface area contributed by atoms with Crippen molar-refractivity contribution < 1.29 is 9.59 Å². The molecular formula is C22H23N5O2S. The van der Waals surface area contributed by atoms with Gasteiger partial charge in [-0.25, -0.2) is 4.79 Å². The first-order valence-corrected chi connectivity index (χ1v) is 10.8. The van der Waals surface area contributed by atoms with Crippen molar-refractivity contribution in [1.29, 1.82) is 0 Å². The Morgan fingerprint density at radius 1 is 1.00 bits per heavy atom. The van der Waals surface area contributed by atoms with Crippen LogP contribution < -0.4 is 16.0 Å². The third-order valence-electron chi connectivity index (χ3n) is 5.34. The molecule has 3 amide bonds. The molecule has 3 N–H and O–H groups in total. The predicted molar refractivity (Wildman–Crippen MR) is 117 cm³/mol. The van der Waals surface area contributed by atoms with E-state index in [9.17, 15) is 9.59 Å². The minimum Gasteiger partial charge on any atom is -0.334 e. The molecule has 1 fully saturated rings. The SMILES string of the molecule is O=C(NCc1ccccc1)NC1(C(=O)Nc2ccc(-c3csnn3)cc2)CCCC1. The van der Waals surface area contributed by atoms with Gasteiger partial charge in [0.15, 0.2) is 0 Å². The highest BCUT2D eigenvalue weighted by atomic mass is 32.1. The van der Waals surface area contributed by atoms with Crippen molar-refractivity contribution in [2.45, 2.75) is 37.8 Å². The van der Waals surface area contributed by atoms with Gasteiger partial charge in [-0.1, -0.05) is 59.8 Å². The van der Waals surface area contributed by atoms with Gasteiger partial charge in [0, 0.05) is 23.2 Å². The highest BCUT2D eigenvalue weighted by Crippen LogP contribution is 2.31. The highest BCUT2D eigenvalue weighted by molar-refractivity contribution is 7.03. The number of rotatable bonds is 6. The number of benzene rings is 2. The van der Waals surface area contributed by atoms with Crippen LogP contribution in [0.2, 0.25) is 0 Å². The van der Waals surface area contributed by atoms with E-state index >= 15 is 0 Å². The average molecular weight is 422 g/mol. The molecule has 0 spiro atoms. The second-order valence-electron chi connectivity index (χ2n) is 7.40. The minimum atomic E-state index is -0.891. The van der Waals surface area contributed by atoms with Crippen molar-refractivity contribution in [1.82, 2.24) is 20.2 Å². The Hall–Kier alpha value is -3.26. The Morgan fingerprint density at radius 2 is 1.73 bits per heavy atom. The number of amides is 3. The lowest BCUT2D eigenvalue weighted by Gasteiger charge is -2.29. The van der Waals surface area contributed by atoms with E-state index in [2.05, 4.69) is 25.5 Å². The summed E-state index contributed by atoms with van der Waals surface area (Å²) >= 11 is 1.30. The number of carbonyl (C=O) groups excluding carboxylic acids is 2. The highest BCUT2D eigenvalue weighted by Gasteiger charge is 2.42. The molecule has 3 aromatic rings. The maximum Gasteiger partial charge on any atom is 0.315 e. The van der Waals surface area contributed by atoms with Crippen LogP contribution in [0, 0.1) is 0 Å². The van der Waals surface area contributed by atoms with Crippen LogP contribution in [0.15, 0.2) is 60.0 Å². The van der Waals surface area contributed by atoms with E-state index in [1.807, 2.05) is 60.0 Å². The minimum absolute atomic E-state index is 0.182. The summed E-state index contributed by atoms with van der Waals surface area (Å²) in [6.07, 6.45) is 3.06. The Balaban J connectivity index is 1.39. The third kappa shape index (κ3) is 4.65. The van der Waals surface area contributed by atoms with Crippen LogP contribution in [0.5, 0.6) is 0 Å². The Bertz CT molecular complexity index is 984. The molecule has 30 heavy (non-hydrogen) atoms. The third-order valence-corrected chi connectivity index (χ3v) is 5.84. The molecule has 1 saturated carbocycles. The van der Waals surface area contributed by atoms with Crippen LogP contribution in [0.4, 0.5) is 10.5 Å². The van der Waals surface area contributed by atoms with Crippen LogP contribution in [-0.2, 0) is 11.3 Å². The van der Waals surface area contributed by atoms with Gasteiger partial charge in [-0.15, -0.1) is 5.10 Å². The largest absolute Gasteiger partial charge is 0.334 e. The Morgan fingerprint density at radius 3 is 2.40 bits per heavy atom. The van der Waals surface area contributed by atoms with Gasteiger partial charge in [0.05, 0.1) is 0 Å². The lowest BCUT2D eigenvalue weighted by atomic mass is 9.96. The number of nitrogens with zero attached hydrogens (tertiary/aromatic N) is 2. The summed E-state index contributed by atoms with van der Waals surface area (Å²) in [5.41, 5.74) is 2.55. The van der Waals surface area contributed by atoms with Crippen LogP contribution >= 0.6 is 11.5 Å². The molecule has 0 atom stereocenters. The predicted octanol–water partition coefficient (Wildman–Crippen LogP) is 3.96. The zero-order valence-corrected chi connectivity index (χ0v) is 17.2. The molecule has 1 heterocycles. The molecule has 154 valence electrons. The topological polar surface area (TPSA) is 96.0 Å². The van der Waals surface area contributed by atoms with E-state index in [0.29, 0.717) is 25.1 Å². The number of carbonyl (C=O) groups is 2. The van der Waals surface area contributed by atoms with E-state index in [1.165, 1.54) is 11.5 Å². The molecule has 0 bridgehead atoms. The van der Waals surface area contributed by atoms with Crippen LogP contribution in [0.1, 0.15) is 31.2 Å². The van der Waals surface area contributed by atoms with Gasteiger partial charge in [0.2, 0.25) is 5.91 Å². The van der Waals surface area contributed by atoms with E-state index in [4.69, 9.17) is 0 Å². The molecule has 2 aromatic carbocycles. The summed E-state index contributed by atoms with van der Waals surface area (Å²) in [5.74, 6) is -0.182. The standard InChI is InChI=1S/C22H23N5O2S/c28-20(24-18-10-8-17(9-11-18)19-15-30-27-26-19)22(12-4-5-13-22)25-21(29)23-14-16-6-2-1-3-7-16/h1-3,6-11,15H,4-5,12-14H2,(H,24,28)(H2,23,25,29). The average Bonchev–Trinajstić information content (AvgIpc) is 3.47. The molecule has 0 aliphatic heterocycles. The van der Waals surface area contributed by atoms with E-state index < -0.39 is 5.54 Å². The normalized spacial score (nSPS) is 14.8. The van der Waals surface area contributed by atoms with Crippen molar-refractivity contribution in [2.24, 2.45) is 0 Å². The van der Waals surface area contributed by atoms with Gasteiger partial charge < -0.3 is 16.0 Å². The van der Waals surface area contributed by atoms with E-state index in [1.54, 1.807) is 0 Å². The first kappa shape index (κ1) is 20.0. The second kappa shape index (κ2) is 9.04. The summed E-state index contributed by atoms with van der Waals surface area (Å²) in [6.45, 7) is 0.414. The smallest absolute Gasteiger partial charge is 0.315 e.